The predicted molar refractivity (Wildman–Crippen MR) is 73.9 cm³/mol. The van der Waals surface area contributed by atoms with Gasteiger partial charge < -0.3 is 0 Å². The maximum atomic E-state index is 13.9. The Morgan fingerprint density at radius 2 is 2.28 bits per heavy atom. The van der Waals surface area contributed by atoms with E-state index in [9.17, 15) is 9.18 Å². The summed E-state index contributed by atoms with van der Waals surface area (Å²) in [6.45, 7) is 3.50. The van der Waals surface area contributed by atoms with Gasteiger partial charge in [-0.1, -0.05) is 13.0 Å². The molecule has 0 bridgehead atoms. The summed E-state index contributed by atoms with van der Waals surface area (Å²) in [5.41, 5.74) is 0.502. The smallest absolute Gasteiger partial charge is 0.171 e. The Morgan fingerprint density at radius 1 is 1.50 bits per heavy atom. The Labute approximate surface area is 113 Å². The first-order valence-electron chi connectivity index (χ1n) is 5.52. The molecule has 2 nitrogen and oxygen atoms in total. The maximum Gasteiger partial charge on any atom is 0.171 e. The highest BCUT2D eigenvalue weighted by Gasteiger charge is 2.15. The highest BCUT2D eigenvalue weighted by molar-refractivity contribution is 7.99. The van der Waals surface area contributed by atoms with Gasteiger partial charge in [0.2, 0.25) is 0 Å². The molecule has 2 rings (SSSR count). The molecule has 0 saturated carbocycles. The van der Waals surface area contributed by atoms with Gasteiger partial charge >= 0.3 is 0 Å². The van der Waals surface area contributed by atoms with Crippen LogP contribution in [0.5, 0.6) is 0 Å². The van der Waals surface area contributed by atoms with Crippen LogP contribution in [0.15, 0.2) is 29.3 Å². The minimum Gasteiger partial charge on any atom is -0.294 e. The average Bonchev–Trinajstić information content (AvgIpc) is 2.79. The van der Waals surface area contributed by atoms with Gasteiger partial charge in [-0.25, -0.2) is 9.37 Å². The number of nitrogens with zero attached hydrogens (tertiary/aromatic N) is 1. The Balaban J connectivity index is 2.51. The second-order valence-corrected chi connectivity index (χ2v) is 5.97. The second-order valence-electron chi connectivity index (χ2n) is 3.63. The molecule has 94 valence electrons. The lowest BCUT2D eigenvalue weighted by atomic mass is 10.2. The van der Waals surface area contributed by atoms with E-state index >= 15 is 0 Å². The number of halogens is 1. The van der Waals surface area contributed by atoms with Crippen LogP contribution in [-0.2, 0) is 0 Å². The number of carbonyl (C=O) groups excluding carboxylic acids is 1. The molecule has 0 N–H and O–H groups in total. The quantitative estimate of drug-likeness (QED) is 0.619. The Morgan fingerprint density at radius 3 is 2.89 bits per heavy atom. The molecule has 1 heterocycles. The monoisotopic (exact) mass is 281 g/mol. The van der Waals surface area contributed by atoms with Gasteiger partial charge in [-0.3, -0.25) is 4.79 Å². The molecule has 0 atom stereocenters. The van der Waals surface area contributed by atoms with E-state index in [4.69, 9.17) is 0 Å². The van der Waals surface area contributed by atoms with Crippen molar-refractivity contribution < 1.29 is 9.18 Å². The molecule has 0 fully saturated rings. The van der Waals surface area contributed by atoms with Crippen molar-refractivity contribution in [3.05, 3.63) is 35.1 Å². The molecule has 2 aromatic rings. The van der Waals surface area contributed by atoms with Gasteiger partial charge in [-0.05, 0) is 17.9 Å². The Hall–Kier alpha value is -1.20. The number of hydrogen-bond acceptors (Lipinski definition) is 4. The number of Topliss-reactive ketones (excluding diaryl/α,β-unsaturated/α-hetero) is 1. The lowest BCUT2D eigenvalue weighted by Gasteiger charge is -2.06. The second kappa shape index (κ2) is 5.63. The molecule has 18 heavy (non-hydrogen) atoms. The lowest BCUT2D eigenvalue weighted by Crippen LogP contribution is -1.87. The van der Waals surface area contributed by atoms with Crippen molar-refractivity contribution in [3.8, 4) is 10.6 Å². The number of thiazole rings is 1. The van der Waals surface area contributed by atoms with Crippen LogP contribution in [-0.4, -0.2) is 16.5 Å². The zero-order valence-electron chi connectivity index (χ0n) is 10.1. The van der Waals surface area contributed by atoms with E-state index in [2.05, 4.69) is 4.98 Å². The van der Waals surface area contributed by atoms with Crippen LogP contribution in [0.2, 0.25) is 0 Å². The normalized spacial score (nSPS) is 10.6. The van der Waals surface area contributed by atoms with E-state index in [1.807, 2.05) is 13.0 Å². The third-order valence-electron chi connectivity index (χ3n) is 2.34. The number of benzene rings is 1. The summed E-state index contributed by atoms with van der Waals surface area (Å²) >= 11 is 2.80. The zero-order chi connectivity index (χ0) is 13.1. The van der Waals surface area contributed by atoms with Crippen molar-refractivity contribution in [1.82, 2.24) is 4.98 Å². The van der Waals surface area contributed by atoms with Crippen LogP contribution >= 0.6 is 23.1 Å². The van der Waals surface area contributed by atoms with Gasteiger partial charge in [0.05, 0.1) is 10.4 Å². The largest absolute Gasteiger partial charge is 0.294 e. The van der Waals surface area contributed by atoms with Crippen LogP contribution in [0.4, 0.5) is 4.39 Å². The van der Waals surface area contributed by atoms with Crippen molar-refractivity contribution in [2.45, 2.75) is 18.7 Å². The maximum absolute atomic E-state index is 13.9. The zero-order valence-corrected chi connectivity index (χ0v) is 11.7. The van der Waals surface area contributed by atoms with Gasteiger partial charge in [-0.2, -0.15) is 0 Å². The molecule has 0 spiro atoms. The summed E-state index contributed by atoms with van der Waals surface area (Å²) in [7, 11) is 0. The van der Waals surface area contributed by atoms with E-state index < -0.39 is 0 Å². The van der Waals surface area contributed by atoms with Gasteiger partial charge in [0.15, 0.2) is 5.78 Å². The molecule has 0 aliphatic heterocycles. The third kappa shape index (κ3) is 2.62. The standard InChI is InChI=1S/C13H12FNOS2/c1-3-17-10-6-4-5-9(14)12(10)13-15-7-11(18-13)8(2)16/h4-7H,3H2,1-2H3. The molecule has 0 aliphatic carbocycles. The number of ketones is 1. The van der Waals surface area contributed by atoms with Crippen molar-refractivity contribution in [2.75, 3.05) is 5.75 Å². The van der Waals surface area contributed by atoms with E-state index in [0.29, 0.717) is 15.4 Å². The van der Waals surface area contributed by atoms with Crippen molar-refractivity contribution in [1.29, 1.82) is 0 Å². The van der Waals surface area contributed by atoms with E-state index in [-0.39, 0.29) is 11.6 Å². The molecule has 1 aromatic heterocycles. The fourth-order valence-electron chi connectivity index (χ4n) is 1.54. The van der Waals surface area contributed by atoms with Crippen molar-refractivity contribution >= 4 is 28.9 Å². The Bertz CT molecular complexity index is 580. The van der Waals surface area contributed by atoms with E-state index in [1.54, 1.807) is 17.8 Å². The molecular weight excluding hydrogens is 269 g/mol. The van der Waals surface area contributed by atoms with Crippen LogP contribution in [0.3, 0.4) is 0 Å². The number of thioether (sulfide) groups is 1. The summed E-state index contributed by atoms with van der Waals surface area (Å²) in [6.07, 6.45) is 1.51. The van der Waals surface area contributed by atoms with E-state index in [0.717, 1.165) is 10.6 Å². The van der Waals surface area contributed by atoms with E-state index in [1.165, 1.54) is 30.5 Å². The first-order valence-corrected chi connectivity index (χ1v) is 7.32. The van der Waals surface area contributed by atoms with Crippen LogP contribution in [0, 0.1) is 5.82 Å². The fourth-order valence-corrected chi connectivity index (χ4v) is 3.30. The van der Waals surface area contributed by atoms with Crippen LogP contribution in [0.25, 0.3) is 10.6 Å². The highest BCUT2D eigenvalue weighted by Crippen LogP contribution is 2.35. The Kier molecular flexibility index (Phi) is 4.14. The van der Waals surface area contributed by atoms with Crippen molar-refractivity contribution in [2.24, 2.45) is 0 Å². The van der Waals surface area contributed by atoms with Gasteiger partial charge in [-0.15, -0.1) is 23.1 Å². The van der Waals surface area contributed by atoms with Gasteiger partial charge in [0.25, 0.3) is 0 Å². The fraction of sp³-hybridized carbons (Fsp3) is 0.231. The van der Waals surface area contributed by atoms with Gasteiger partial charge in [0.1, 0.15) is 10.8 Å². The number of hydrogen-bond donors (Lipinski definition) is 0. The number of aromatic nitrogens is 1. The summed E-state index contributed by atoms with van der Waals surface area (Å²) in [6, 6.07) is 4.99. The molecule has 1 aromatic carbocycles. The first kappa shape index (κ1) is 13.2. The highest BCUT2D eigenvalue weighted by atomic mass is 32.2. The van der Waals surface area contributed by atoms with Crippen molar-refractivity contribution in [3.63, 3.8) is 0 Å². The van der Waals surface area contributed by atoms with Gasteiger partial charge in [0, 0.05) is 18.0 Å². The van der Waals surface area contributed by atoms with Crippen LogP contribution < -0.4 is 0 Å². The molecule has 0 aliphatic rings. The predicted octanol–water partition coefficient (Wildman–Crippen LogP) is 4.26. The van der Waals surface area contributed by atoms with Crippen LogP contribution in [0.1, 0.15) is 23.5 Å². The molecule has 5 heteroatoms. The average molecular weight is 281 g/mol. The summed E-state index contributed by atoms with van der Waals surface area (Å²) in [4.78, 5) is 16.8. The summed E-state index contributed by atoms with van der Waals surface area (Å²) in [5.74, 6) is 0.527. The lowest BCUT2D eigenvalue weighted by molar-refractivity contribution is 0.102. The molecule has 0 radical (unpaired) electrons. The molecular formula is C13H12FNOS2. The topological polar surface area (TPSA) is 30.0 Å². The number of carbonyl (C=O) groups is 1. The summed E-state index contributed by atoms with van der Waals surface area (Å²) < 4.78 is 13.9. The molecule has 0 amide bonds. The first-order chi connectivity index (χ1) is 8.63. The summed E-state index contributed by atoms with van der Waals surface area (Å²) in [5, 5.41) is 0.564. The SMILES string of the molecule is CCSc1cccc(F)c1-c1ncc(C(C)=O)s1. The molecule has 0 unspecified atom stereocenters. The number of rotatable bonds is 4. The third-order valence-corrected chi connectivity index (χ3v) is 4.40. The minimum absolute atomic E-state index is 0.0419. The molecule has 0 saturated heterocycles. The minimum atomic E-state index is -0.294.